The highest BCUT2D eigenvalue weighted by Gasteiger charge is 2.49. The van der Waals surface area contributed by atoms with Gasteiger partial charge in [0.1, 0.15) is 11.4 Å². The van der Waals surface area contributed by atoms with E-state index in [-0.39, 0.29) is 23.8 Å². The number of amides is 1. The second kappa shape index (κ2) is 6.69. The second-order valence-electron chi connectivity index (χ2n) is 7.08. The normalized spacial score (nSPS) is 29.9. The van der Waals surface area contributed by atoms with Gasteiger partial charge in [-0.1, -0.05) is 6.07 Å². The van der Waals surface area contributed by atoms with Gasteiger partial charge < -0.3 is 20.7 Å². The SMILES string of the molecule is COC1(C(=O)NC2CCCN(c3cc(C)ccc3F)C2)CC(N)C1. The third-order valence-electron chi connectivity index (χ3n) is 5.19. The zero-order chi connectivity index (χ0) is 17.3. The minimum Gasteiger partial charge on any atom is -0.368 e. The molecule has 1 amide bonds. The Morgan fingerprint density at radius 2 is 2.21 bits per heavy atom. The average Bonchev–Trinajstić information content (AvgIpc) is 2.54. The number of ether oxygens (including phenoxy) is 1. The Morgan fingerprint density at radius 1 is 1.46 bits per heavy atom. The van der Waals surface area contributed by atoms with Crippen molar-refractivity contribution in [2.75, 3.05) is 25.1 Å². The van der Waals surface area contributed by atoms with Crippen LogP contribution < -0.4 is 16.0 Å². The monoisotopic (exact) mass is 335 g/mol. The van der Waals surface area contributed by atoms with E-state index < -0.39 is 5.60 Å². The summed E-state index contributed by atoms with van der Waals surface area (Å²) in [6.07, 6.45) is 2.91. The highest BCUT2D eigenvalue weighted by atomic mass is 19.1. The van der Waals surface area contributed by atoms with Crippen LogP contribution in [-0.4, -0.2) is 43.8 Å². The number of benzene rings is 1. The molecule has 0 spiro atoms. The van der Waals surface area contributed by atoms with Gasteiger partial charge in [0.2, 0.25) is 0 Å². The number of nitrogens with two attached hydrogens (primary N) is 1. The summed E-state index contributed by atoms with van der Waals surface area (Å²) in [6.45, 7) is 3.36. The molecule has 3 N–H and O–H groups in total. The smallest absolute Gasteiger partial charge is 0.252 e. The highest BCUT2D eigenvalue weighted by molar-refractivity contribution is 5.87. The minimum atomic E-state index is -0.781. The lowest BCUT2D eigenvalue weighted by atomic mass is 9.75. The van der Waals surface area contributed by atoms with Crippen LogP contribution in [0.1, 0.15) is 31.2 Å². The fourth-order valence-corrected chi connectivity index (χ4v) is 3.73. The molecule has 2 fully saturated rings. The average molecular weight is 335 g/mol. The molecule has 132 valence electrons. The van der Waals surface area contributed by atoms with Crippen LogP contribution in [0.5, 0.6) is 0 Å². The number of carbonyl (C=O) groups excluding carboxylic acids is 1. The zero-order valence-corrected chi connectivity index (χ0v) is 14.3. The van der Waals surface area contributed by atoms with Gasteiger partial charge >= 0.3 is 0 Å². The summed E-state index contributed by atoms with van der Waals surface area (Å²) in [6, 6.07) is 5.16. The van der Waals surface area contributed by atoms with Gasteiger partial charge in [-0.3, -0.25) is 4.79 Å². The molecule has 5 nitrogen and oxygen atoms in total. The zero-order valence-electron chi connectivity index (χ0n) is 14.3. The first-order valence-electron chi connectivity index (χ1n) is 8.56. The fourth-order valence-electron chi connectivity index (χ4n) is 3.73. The summed E-state index contributed by atoms with van der Waals surface area (Å²) in [5.41, 5.74) is 6.68. The van der Waals surface area contributed by atoms with Crippen molar-refractivity contribution in [3.05, 3.63) is 29.6 Å². The van der Waals surface area contributed by atoms with Crippen molar-refractivity contribution >= 4 is 11.6 Å². The molecule has 1 aliphatic heterocycles. The van der Waals surface area contributed by atoms with E-state index in [9.17, 15) is 9.18 Å². The molecule has 3 rings (SSSR count). The number of piperidine rings is 1. The number of carbonyl (C=O) groups is 1. The quantitative estimate of drug-likeness (QED) is 0.879. The van der Waals surface area contributed by atoms with Crippen molar-refractivity contribution in [3.63, 3.8) is 0 Å². The predicted molar refractivity (Wildman–Crippen MR) is 91.5 cm³/mol. The summed E-state index contributed by atoms with van der Waals surface area (Å²) < 4.78 is 19.6. The van der Waals surface area contributed by atoms with Crippen molar-refractivity contribution in [2.45, 2.75) is 50.3 Å². The Kier molecular flexibility index (Phi) is 4.78. The first-order valence-corrected chi connectivity index (χ1v) is 8.56. The predicted octanol–water partition coefficient (Wildman–Crippen LogP) is 1.73. The lowest BCUT2D eigenvalue weighted by molar-refractivity contribution is -0.157. The molecule has 1 aromatic carbocycles. The Morgan fingerprint density at radius 3 is 2.88 bits per heavy atom. The van der Waals surface area contributed by atoms with E-state index >= 15 is 0 Å². The molecule has 1 heterocycles. The van der Waals surface area contributed by atoms with E-state index in [1.54, 1.807) is 13.2 Å². The Bertz CT molecular complexity index is 616. The summed E-state index contributed by atoms with van der Waals surface area (Å²) in [5.74, 6) is -0.311. The van der Waals surface area contributed by atoms with Gasteiger partial charge in [0.15, 0.2) is 0 Å². The van der Waals surface area contributed by atoms with Gasteiger partial charge in [-0.25, -0.2) is 4.39 Å². The standard InChI is InChI=1S/C18H26FN3O2/c1-12-5-6-15(19)16(8-12)22-7-3-4-14(11-22)21-17(23)18(24-2)9-13(20)10-18/h5-6,8,13-14H,3-4,7,9-11,20H2,1-2H3,(H,21,23). The van der Waals surface area contributed by atoms with E-state index in [0.717, 1.165) is 24.9 Å². The minimum absolute atomic E-state index is 0.00462. The largest absolute Gasteiger partial charge is 0.368 e. The third kappa shape index (κ3) is 3.26. The van der Waals surface area contributed by atoms with Crippen LogP contribution >= 0.6 is 0 Å². The van der Waals surface area contributed by atoms with Crippen LogP contribution in [0.3, 0.4) is 0 Å². The number of halogens is 1. The first kappa shape index (κ1) is 17.2. The van der Waals surface area contributed by atoms with Gasteiger partial charge in [-0.05, 0) is 37.5 Å². The maximum Gasteiger partial charge on any atom is 0.252 e. The summed E-state index contributed by atoms with van der Waals surface area (Å²) in [4.78, 5) is 14.6. The lowest BCUT2D eigenvalue weighted by Crippen LogP contribution is -2.63. The van der Waals surface area contributed by atoms with E-state index in [1.165, 1.54) is 6.07 Å². The third-order valence-corrected chi connectivity index (χ3v) is 5.19. The molecule has 0 bridgehead atoms. The molecule has 0 radical (unpaired) electrons. The molecular formula is C18H26FN3O2. The van der Waals surface area contributed by atoms with E-state index in [1.807, 2.05) is 17.9 Å². The number of hydrogen-bond donors (Lipinski definition) is 2. The Hall–Kier alpha value is -1.66. The van der Waals surface area contributed by atoms with Crippen molar-refractivity contribution in [1.82, 2.24) is 5.32 Å². The van der Waals surface area contributed by atoms with Crippen molar-refractivity contribution in [1.29, 1.82) is 0 Å². The maximum absolute atomic E-state index is 14.1. The van der Waals surface area contributed by atoms with Gasteiger partial charge in [0, 0.05) is 45.1 Å². The molecule has 0 aromatic heterocycles. The van der Waals surface area contributed by atoms with E-state index in [0.29, 0.717) is 25.1 Å². The lowest BCUT2D eigenvalue weighted by Gasteiger charge is -2.44. The number of nitrogens with one attached hydrogen (secondary N) is 1. The number of aryl methyl sites for hydroxylation is 1. The molecule has 24 heavy (non-hydrogen) atoms. The van der Waals surface area contributed by atoms with Gasteiger partial charge in [-0.15, -0.1) is 0 Å². The molecule has 2 aliphatic rings. The van der Waals surface area contributed by atoms with Crippen LogP contribution in [0.25, 0.3) is 0 Å². The number of anilines is 1. The van der Waals surface area contributed by atoms with Crippen molar-refractivity contribution < 1.29 is 13.9 Å². The van der Waals surface area contributed by atoms with E-state index in [4.69, 9.17) is 10.5 Å². The van der Waals surface area contributed by atoms with Crippen molar-refractivity contribution in [2.24, 2.45) is 5.73 Å². The topological polar surface area (TPSA) is 67.6 Å². The van der Waals surface area contributed by atoms with Gasteiger partial charge in [-0.2, -0.15) is 0 Å². The number of nitrogens with zero attached hydrogens (tertiary/aromatic N) is 1. The van der Waals surface area contributed by atoms with Crippen LogP contribution in [-0.2, 0) is 9.53 Å². The Labute approximate surface area is 142 Å². The first-order chi connectivity index (χ1) is 11.4. The van der Waals surface area contributed by atoms with Gasteiger partial charge in [0.25, 0.3) is 5.91 Å². The van der Waals surface area contributed by atoms with Crippen LogP contribution in [0.4, 0.5) is 10.1 Å². The molecule has 6 heteroatoms. The van der Waals surface area contributed by atoms with Crippen LogP contribution in [0.2, 0.25) is 0 Å². The van der Waals surface area contributed by atoms with Gasteiger partial charge in [0.05, 0.1) is 5.69 Å². The van der Waals surface area contributed by atoms with Crippen LogP contribution in [0, 0.1) is 12.7 Å². The van der Waals surface area contributed by atoms with E-state index in [2.05, 4.69) is 5.32 Å². The summed E-state index contributed by atoms with van der Waals surface area (Å²) >= 11 is 0. The number of hydrogen-bond acceptors (Lipinski definition) is 4. The second-order valence-corrected chi connectivity index (χ2v) is 7.08. The number of rotatable bonds is 4. The number of methoxy groups -OCH3 is 1. The molecule has 1 unspecified atom stereocenters. The maximum atomic E-state index is 14.1. The summed E-state index contributed by atoms with van der Waals surface area (Å²) in [5, 5.41) is 3.08. The molecule has 1 atom stereocenters. The summed E-state index contributed by atoms with van der Waals surface area (Å²) in [7, 11) is 1.56. The molecule has 1 aromatic rings. The molecule has 1 saturated carbocycles. The Balaban J connectivity index is 1.65. The van der Waals surface area contributed by atoms with Crippen LogP contribution in [0.15, 0.2) is 18.2 Å². The van der Waals surface area contributed by atoms with Crippen molar-refractivity contribution in [3.8, 4) is 0 Å². The highest BCUT2D eigenvalue weighted by Crippen LogP contribution is 2.35. The molecular weight excluding hydrogens is 309 g/mol. The molecule has 1 aliphatic carbocycles. The molecule has 1 saturated heterocycles. The fraction of sp³-hybridized carbons (Fsp3) is 0.611.